The summed E-state index contributed by atoms with van der Waals surface area (Å²) in [5.74, 6) is 0.282. The van der Waals surface area contributed by atoms with E-state index in [1.54, 1.807) is 6.07 Å². The second kappa shape index (κ2) is 5.64. The third-order valence-corrected chi connectivity index (χ3v) is 5.43. The molecule has 1 saturated carbocycles. The predicted molar refractivity (Wildman–Crippen MR) is 85.1 cm³/mol. The Hall–Kier alpha value is -1.62. The van der Waals surface area contributed by atoms with E-state index in [9.17, 15) is 9.18 Å². The molecular formula is C16H19FN2OS. The number of carbonyl (C=O) groups is 1. The predicted octanol–water partition coefficient (Wildman–Crippen LogP) is 3.93. The lowest BCUT2D eigenvalue weighted by Crippen LogP contribution is -2.37. The van der Waals surface area contributed by atoms with Gasteiger partial charge in [-0.1, -0.05) is 6.92 Å². The number of carbonyl (C=O) groups excluding carboxylic acids is 1. The third-order valence-electron chi connectivity index (χ3n) is 4.25. The Balaban J connectivity index is 1.80. The maximum Gasteiger partial charge on any atom is 0.263 e. The number of hydrogen-bond donors (Lipinski definition) is 2. The number of benzene rings is 1. The zero-order valence-electron chi connectivity index (χ0n) is 12.0. The molecule has 0 atom stereocenters. The molecule has 1 aliphatic rings. The summed E-state index contributed by atoms with van der Waals surface area (Å²) in [6.07, 6.45) is 4.34. The molecule has 0 radical (unpaired) electrons. The number of anilines is 1. The monoisotopic (exact) mass is 306 g/mol. The van der Waals surface area contributed by atoms with E-state index in [4.69, 9.17) is 5.73 Å². The third kappa shape index (κ3) is 2.88. The van der Waals surface area contributed by atoms with Gasteiger partial charge in [0.05, 0.1) is 5.69 Å². The average Bonchev–Trinajstić information content (AvgIpc) is 2.79. The molecule has 3 N–H and O–H groups in total. The number of nitrogens with one attached hydrogen (secondary N) is 1. The zero-order valence-corrected chi connectivity index (χ0v) is 12.8. The number of fused-ring (bicyclic) bond motifs is 1. The molecule has 5 heteroatoms. The normalized spacial score (nSPS) is 22.4. The maximum absolute atomic E-state index is 13.3. The van der Waals surface area contributed by atoms with E-state index in [1.165, 1.54) is 23.5 Å². The van der Waals surface area contributed by atoms with Gasteiger partial charge in [-0.05, 0) is 49.8 Å². The Kier molecular flexibility index (Phi) is 3.85. The van der Waals surface area contributed by atoms with Gasteiger partial charge in [-0.15, -0.1) is 11.3 Å². The molecule has 1 heterocycles. The van der Waals surface area contributed by atoms with Crippen molar-refractivity contribution >= 4 is 33.0 Å². The molecule has 0 aliphatic heterocycles. The van der Waals surface area contributed by atoms with Crippen LogP contribution >= 0.6 is 11.3 Å². The van der Waals surface area contributed by atoms with E-state index >= 15 is 0 Å². The summed E-state index contributed by atoms with van der Waals surface area (Å²) in [4.78, 5) is 12.9. The fraction of sp³-hybridized carbons (Fsp3) is 0.438. The van der Waals surface area contributed by atoms with Gasteiger partial charge in [-0.3, -0.25) is 4.79 Å². The van der Waals surface area contributed by atoms with E-state index < -0.39 is 0 Å². The molecule has 0 saturated heterocycles. The lowest BCUT2D eigenvalue weighted by Gasteiger charge is -2.26. The van der Waals surface area contributed by atoms with Crippen molar-refractivity contribution < 1.29 is 9.18 Å². The summed E-state index contributed by atoms with van der Waals surface area (Å²) in [5, 5.41) is 3.70. The summed E-state index contributed by atoms with van der Waals surface area (Å²) in [6, 6.07) is 4.68. The first-order chi connectivity index (χ1) is 10.0. The van der Waals surface area contributed by atoms with Crippen LogP contribution in [0.2, 0.25) is 0 Å². The van der Waals surface area contributed by atoms with E-state index in [2.05, 4.69) is 12.2 Å². The van der Waals surface area contributed by atoms with Gasteiger partial charge in [0.1, 0.15) is 10.7 Å². The topological polar surface area (TPSA) is 55.1 Å². The quantitative estimate of drug-likeness (QED) is 0.883. The van der Waals surface area contributed by atoms with Crippen molar-refractivity contribution in [1.29, 1.82) is 0 Å². The minimum absolute atomic E-state index is 0.131. The first-order valence-electron chi connectivity index (χ1n) is 7.33. The van der Waals surface area contributed by atoms with Crippen LogP contribution in [0.4, 0.5) is 10.1 Å². The molecule has 1 amide bonds. The van der Waals surface area contributed by atoms with Crippen molar-refractivity contribution in [1.82, 2.24) is 5.32 Å². The van der Waals surface area contributed by atoms with Crippen LogP contribution in [-0.4, -0.2) is 11.9 Å². The Labute approximate surface area is 127 Å². The van der Waals surface area contributed by atoms with Gasteiger partial charge in [0.25, 0.3) is 5.91 Å². The highest BCUT2D eigenvalue weighted by Crippen LogP contribution is 2.34. The van der Waals surface area contributed by atoms with Gasteiger partial charge in [0.2, 0.25) is 0 Å². The first kappa shape index (κ1) is 14.3. The minimum atomic E-state index is -0.333. The summed E-state index contributed by atoms with van der Waals surface area (Å²) < 4.78 is 14.1. The first-order valence-corrected chi connectivity index (χ1v) is 8.14. The Morgan fingerprint density at radius 3 is 2.76 bits per heavy atom. The summed E-state index contributed by atoms with van der Waals surface area (Å²) in [6.45, 7) is 2.25. The molecule has 21 heavy (non-hydrogen) atoms. The van der Waals surface area contributed by atoms with Gasteiger partial charge in [-0.25, -0.2) is 4.39 Å². The number of nitrogen functional groups attached to an aromatic ring is 1. The number of rotatable bonds is 2. The highest BCUT2D eigenvalue weighted by Gasteiger charge is 2.23. The van der Waals surface area contributed by atoms with E-state index in [1.807, 2.05) is 0 Å². The maximum atomic E-state index is 13.3. The highest BCUT2D eigenvalue weighted by atomic mass is 32.1. The fourth-order valence-corrected chi connectivity index (χ4v) is 3.92. The Morgan fingerprint density at radius 2 is 2.05 bits per heavy atom. The number of nitrogens with two attached hydrogens (primary N) is 1. The van der Waals surface area contributed by atoms with E-state index in [0.717, 1.165) is 36.3 Å². The summed E-state index contributed by atoms with van der Waals surface area (Å²) in [5.41, 5.74) is 6.40. The lowest BCUT2D eigenvalue weighted by atomic mass is 9.87. The molecule has 1 fully saturated rings. The molecule has 112 valence electrons. The molecule has 1 aromatic carbocycles. The average molecular weight is 306 g/mol. The van der Waals surface area contributed by atoms with Crippen LogP contribution in [0.15, 0.2) is 18.2 Å². The van der Waals surface area contributed by atoms with Crippen LogP contribution in [0.5, 0.6) is 0 Å². The van der Waals surface area contributed by atoms with Gasteiger partial charge < -0.3 is 11.1 Å². The second-order valence-electron chi connectivity index (χ2n) is 5.92. The molecule has 0 spiro atoms. The van der Waals surface area contributed by atoms with Crippen LogP contribution in [0.1, 0.15) is 42.3 Å². The smallest absolute Gasteiger partial charge is 0.263 e. The van der Waals surface area contributed by atoms with Crippen molar-refractivity contribution in [3.05, 3.63) is 28.9 Å². The molecule has 2 aromatic rings. The minimum Gasteiger partial charge on any atom is -0.397 e. The highest BCUT2D eigenvalue weighted by molar-refractivity contribution is 7.21. The molecule has 1 aliphatic carbocycles. The standard InChI is InChI=1S/C16H19FN2OS/c1-9-2-5-11(6-3-9)19-16(20)15-14(18)12-8-10(17)4-7-13(12)21-15/h4,7-9,11H,2-3,5-6,18H2,1H3,(H,19,20). The molecule has 0 bridgehead atoms. The second-order valence-corrected chi connectivity index (χ2v) is 6.97. The van der Waals surface area contributed by atoms with Gasteiger partial charge in [0.15, 0.2) is 0 Å². The molecule has 3 nitrogen and oxygen atoms in total. The van der Waals surface area contributed by atoms with Gasteiger partial charge in [-0.2, -0.15) is 0 Å². The largest absolute Gasteiger partial charge is 0.397 e. The van der Waals surface area contributed by atoms with Crippen LogP contribution in [0, 0.1) is 11.7 Å². The Bertz CT molecular complexity index is 674. The number of thiophene rings is 1. The molecule has 3 rings (SSSR count). The van der Waals surface area contributed by atoms with Crippen molar-refractivity contribution in [2.75, 3.05) is 5.73 Å². The summed E-state index contributed by atoms with van der Waals surface area (Å²) >= 11 is 1.33. The van der Waals surface area contributed by atoms with Crippen molar-refractivity contribution in [2.24, 2.45) is 5.92 Å². The van der Waals surface area contributed by atoms with E-state index in [-0.39, 0.29) is 17.8 Å². The molecule has 1 aromatic heterocycles. The SMILES string of the molecule is CC1CCC(NC(=O)c2sc3ccc(F)cc3c2N)CC1. The van der Waals surface area contributed by atoms with Crippen molar-refractivity contribution in [3.8, 4) is 0 Å². The summed E-state index contributed by atoms with van der Waals surface area (Å²) in [7, 11) is 0. The van der Waals surface area contributed by atoms with Crippen molar-refractivity contribution in [3.63, 3.8) is 0 Å². The fourth-order valence-electron chi connectivity index (χ4n) is 2.91. The van der Waals surface area contributed by atoms with Crippen LogP contribution < -0.4 is 11.1 Å². The van der Waals surface area contributed by atoms with Crippen LogP contribution in [0.3, 0.4) is 0 Å². The Morgan fingerprint density at radius 1 is 1.33 bits per heavy atom. The van der Waals surface area contributed by atoms with Crippen molar-refractivity contribution in [2.45, 2.75) is 38.6 Å². The number of halogens is 1. The molecular weight excluding hydrogens is 287 g/mol. The molecule has 0 unspecified atom stereocenters. The lowest BCUT2D eigenvalue weighted by molar-refractivity contribution is 0.0928. The van der Waals surface area contributed by atoms with Crippen LogP contribution in [-0.2, 0) is 0 Å². The number of hydrogen-bond acceptors (Lipinski definition) is 3. The van der Waals surface area contributed by atoms with E-state index in [0.29, 0.717) is 16.0 Å². The van der Waals surface area contributed by atoms with Crippen LogP contribution in [0.25, 0.3) is 10.1 Å². The zero-order chi connectivity index (χ0) is 15.0. The van der Waals surface area contributed by atoms with Gasteiger partial charge in [0, 0.05) is 16.1 Å². The van der Waals surface area contributed by atoms with Gasteiger partial charge >= 0.3 is 0 Å². The number of amides is 1.